The average Bonchev–Trinajstić information content (AvgIpc) is 2.65. The molecule has 4 rings (SSSR count). The van der Waals surface area contributed by atoms with Crippen molar-refractivity contribution in [3.63, 3.8) is 0 Å². The first kappa shape index (κ1) is 22.5. The molecule has 0 bridgehead atoms. The Labute approximate surface area is 190 Å². The Balaban J connectivity index is 1.39. The molecule has 3 aliphatic heterocycles. The van der Waals surface area contributed by atoms with Crippen molar-refractivity contribution in [2.45, 2.75) is 33.7 Å². The molecule has 0 saturated carbocycles. The summed E-state index contributed by atoms with van der Waals surface area (Å²) in [6.45, 7) is 15.5. The minimum atomic E-state index is -0.508. The van der Waals surface area contributed by atoms with Gasteiger partial charge in [-0.05, 0) is 51.0 Å². The minimum Gasteiger partial charge on any atom is -0.494 e. The van der Waals surface area contributed by atoms with Crippen molar-refractivity contribution < 1.29 is 13.9 Å². The molecule has 0 aromatic carbocycles. The lowest BCUT2D eigenvalue weighted by Crippen LogP contribution is -2.80. The summed E-state index contributed by atoms with van der Waals surface area (Å²) < 4.78 is 20.0. The molecule has 1 spiro atoms. The zero-order chi connectivity index (χ0) is 23.3. The van der Waals surface area contributed by atoms with E-state index >= 15 is 0 Å². The van der Waals surface area contributed by atoms with Crippen molar-refractivity contribution in [3.05, 3.63) is 59.4 Å². The monoisotopic (exact) mass is 441 g/mol. The van der Waals surface area contributed by atoms with Crippen LogP contribution >= 0.6 is 0 Å². The number of rotatable bonds is 5. The molecule has 0 aliphatic carbocycles. The van der Waals surface area contributed by atoms with E-state index < -0.39 is 5.83 Å². The lowest BCUT2D eigenvalue weighted by molar-refractivity contribution is -0.157. The number of quaternary nitrogens is 1. The maximum absolute atomic E-state index is 13.4. The van der Waals surface area contributed by atoms with Gasteiger partial charge in [-0.1, -0.05) is 6.58 Å². The fraction of sp³-hybridized carbons (Fsp3) is 0.520. The topological polar surface area (TPSA) is 45.7 Å². The normalized spacial score (nSPS) is 24.1. The Hall–Kier alpha value is -2.67. The average molecular weight is 442 g/mol. The molecule has 1 unspecified atom stereocenters. The summed E-state index contributed by atoms with van der Waals surface area (Å²) >= 11 is 0. The molecule has 3 aliphatic rings. The zero-order valence-electron chi connectivity index (χ0n) is 19.8. The van der Waals surface area contributed by atoms with Crippen molar-refractivity contribution in [2.75, 3.05) is 46.4 Å². The maximum Gasteiger partial charge on any atom is 0.242 e. The molecule has 2 saturated heterocycles. The second-order valence-electron chi connectivity index (χ2n) is 10.1. The van der Waals surface area contributed by atoms with Gasteiger partial charge in [-0.3, -0.25) is 9.28 Å². The number of carbonyl (C=O) groups is 1. The van der Waals surface area contributed by atoms with Crippen LogP contribution in [0.4, 0.5) is 10.2 Å². The highest BCUT2D eigenvalue weighted by atomic mass is 19.1. The number of halogens is 1. The second kappa shape index (κ2) is 8.03. The van der Waals surface area contributed by atoms with Gasteiger partial charge in [-0.25, -0.2) is 9.37 Å². The lowest BCUT2D eigenvalue weighted by Gasteiger charge is -2.62. The molecule has 6 nitrogen and oxygen atoms in total. The summed E-state index contributed by atoms with van der Waals surface area (Å²) in [5, 5.41) is 0. The highest BCUT2D eigenvalue weighted by Gasteiger charge is 2.62. The number of amides is 1. The largest absolute Gasteiger partial charge is 0.494 e. The number of aromatic nitrogens is 1. The van der Waals surface area contributed by atoms with Crippen molar-refractivity contribution in [1.82, 2.24) is 19.3 Å². The van der Waals surface area contributed by atoms with Gasteiger partial charge in [0.15, 0.2) is 0 Å². The van der Waals surface area contributed by atoms with Crippen LogP contribution in [0.5, 0.6) is 0 Å². The first-order valence-corrected chi connectivity index (χ1v) is 11.2. The van der Waals surface area contributed by atoms with Gasteiger partial charge in [0.1, 0.15) is 23.6 Å². The number of aryl methyl sites for hydroxylation is 1. The van der Waals surface area contributed by atoms with Crippen molar-refractivity contribution in [2.24, 2.45) is 5.41 Å². The summed E-state index contributed by atoms with van der Waals surface area (Å²) in [6, 6.07) is 4.21. The molecule has 4 heterocycles. The van der Waals surface area contributed by atoms with Crippen LogP contribution in [0.1, 0.15) is 26.3 Å². The van der Waals surface area contributed by atoms with E-state index in [4.69, 9.17) is 4.74 Å². The number of pyridine rings is 1. The summed E-state index contributed by atoms with van der Waals surface area (Å²) in [5.41, 5.74) is 2.92. The molecular weight excluding hydrogens is 407 g/mol. The number of hydrogen-bond donors (Lipinski definition) is 0. The van der Waals surface area contributed by atoms with Gasteiger partial charge in [0.2, 0.25) is 11.7 Å². The second-order valence-corrected chi connectivity index (χ2v) is 10.1. The van der Waals surface area contributed by atoms with Crippen LogP contribution in [0.3, 0.4) is 0 Å². The third-order valence-corrected chi connectivity index (χ3v) is 6.97. The molecule has 1 aromatic rings. The predicted molar refractivity (Wildman–Crippen MR) is 124 cm³/mol. The molecule has 0 N–H and O–H groups in total. The number of nitrogens with zero attached hydrogens (tertiary/aromatic N) is 4. The summed E-state index contributed by atoms with van der Waals surface area (Å²) in [7, 11) is 2.22. The van der Waals surface area contributed by atoms with E-state index in [2.05, 4.69) is 31.6 Å². The number of ether oxygens (including phenoxy) is 1. The zero-order valence-corrected chi connectivity index (χ0v) is 19.8. The summed E-state index contributed by atoms with van der Waals surface area (Å²) in [6.07, 6.45) is 3.27. The molecule has 1 atom stereocenters. The quantitative estimate of drug-likeness (QED) is 0.518. The van der Waals surface area contributed by atoms with Crippen LogP contribution in [0.2, 0.25) is 0 Å². The van der Waals surface area contributed by atoms with Crippen LogP contribution in [0.25, 0.3) is 0 Å². The number of allylic oxidation sites excluding steroid dienone is 4. The van der Waals surface area contributed by atoms with Gasteiger partial charge in [-0.2, -0.15) is 0 Å². The van der Waals surface area contributed by atoms with Crippen LogP contribution in [-0.4, -0.2) is 73.1 Å². The van der Waals surface area contributed by atoms with E-state index in [0.29, 0.717) is 17.9 Å². The van der Waals surface area contributed by atoms with Crippen LogP contribution in [-0.2, 0) is 9.53 Å². The maximum atomic E-state index is 13.4. The molecule has 2 fully saturated rings. The third-order valence-electron chi connectivity index (χ3n) is 6.97. The third kappa shape index (κ3) is 4.06. The molecular formula is C25H34FN4O2+. The van der Waals surface area contributed by atoms with E-state index in [9.17, 15) is 9.18 Å². The molecule has 1 amide bonds. The smallest absolute Gasteiger partial charge is 0.242 e. The molecule has 1 aromatic heterocycles. The van der Waals surface area contributed by atoms with Crippen molar-refractivity contribution in [1.29, 1.82) is 0 Å². The Morgan fingerprint density at radius 1 is 1.41 bits per heavy atom. The Kier molecular flexibility index (Phi) is 5.65. The van der Waals surface area contributed by atoms with Gasteiger partial charge in [0.25, 0.3) is 0 Å². The Bertz CT molecular complexity index is 1000. The van der Waals surface area contributed by atoms with Crippen molar-refractivity contribution in [3.8, 4) is 0 Å². The first-order valence-electron chi connectivity index (χ1n) is 11.2. The van der Waals surface area contributed by atoms with Gasteiger partial charge in [0, 0.05) is 25.4 Å². The fourth-order valence-electron chi connectivity index (χ4n) is 5.67. The number of carbonyl (C=O) groups excluding carboxylic acids is 1. The van der Waals surface area contributed by atoms with E-state index in [1.165, 1.54) is 11.6 Å². The molecule has 172 valence electrons. The van der Waals surface area contributed by atoms with Gasteiger partial charge >= 0.3 is 0 Å². The van der Waals surface area contributed by atoms with Gasteiger partial charge < -0.3 is 14.5 Å². The number of likely N-dealkylation sites (tertiary alicyclic amines) is 2. The van der Waals surface area contributed by atoms with Gasteiger partial charge in [-0.15, -0.1) is 0 Å². The first-order chi connectivity index (χ1) is 15.0. The highest BCUT2D eigenvalue weighted by Crippen LogP contribution is 2.45. The predicted octanol–water partition coefficient (Wildman–Crippen LogP) is 3.55. The van der Waals surface area contributed by atoms with Crippen LogP contribution in [0.15, 0.2) is 53.8 Å². The Morgan fingerprint density at radius 2 is 2.09 bits per heavy atom. The summed E-state index contributed by atoms with van der Waals surface area (Å²) in [4.78, 5) is 21.7. The van der Waals surface area contributed by atoms with Gasteiger partial charge in [0.05, 0.1) is 38.4 Å². The van der Waals surface area contributed by atoms with Crippen LogP contribution < -0.4 is 4.48 Å². The fourth-order valence-corrected chi connectivity index (χ4v) is 5.67. The Morgan fingerprint density at radius 3 is 2.72 bits per heavy atom. The van der Waals surface area contributed by atoms with E-state index in [1.54, 1.807) is 0 Å². The molecule has 0 radical (unpaired) electrons. The van der Waals surface area contributed by atoms with E-state index in [-0.39, 0.29) is 23.9 Å². The van der Waals surface area contributed by atoms with Crippen LogP contribution in [0, 0.1) is 12.3 Å². The van der Waals surface area contributed by atoms with Crippen molar-refractivity contribution >= 4 is 11.7 Å². The minimum absolute atomic E-state index is 0.0279. The van der Waals surface area contributed by atoms with E-state index in [1.807, 2.05) is 42.8 Å². The number of hydrogen-bond acceptors (Lipinski definition) is 4. The molecule has 32 heavy (non-hydrogen) atoms. The summed E-state index contributed by atoms with van der Waals surface area (Å²) in [5.74, 6) is 1.41. The van der Waals surface area contributed by atoms with E-state index in [0.717, 1.165) is 42.2 Å². The highest BCUT2D eigenvalue weighted by molar-refractivity contribution is 5.80. The SMILES string of the molecule is C=C(F)/C=C(\C)C1=C(C)OCC(C)N1CC(=O)N1CC2(C1)C[N+](C)(c1cc(C)ccn1)C2. The molecule has 7 heteroatoms. The standard InChI is InChI=1S/C25H34FN4O2/c1-17-7-8-27-22(9-17)30(6)15-25(16-30)13-28(14-25)23(31)11-29-20(4)12-32-21(5)24(29)18(2)10-19(3)26/h7-10,20H,3,11-16H2,1-2,4-6H3/q+1/b18-10+. The lowest BCUT2D eigenvalue weighted by atomic mass is 9.71.